The molecule has 6 heteroatoms. The van der Waals surface area contributed by atoms with Crippen LogP contribution >= 0.6 is 0 Å². The summed E-state index contributed by atoms with van der Waals surface area (Å²) in [6.07, 6.45) is 2.29. The summed E-state index contributed by atoms with van der Waals surface area (Å²) in [4.78, 5) is 7.04. The molecule has 2 heterocycles. The van der Waals surface area contributed by atoms with Crippen LogP contribution in [0.15, 0.2) is 65.8 Å². The monoisotopic (exact) mass is 337 g/mol. The van der Waals surface area contributed by atoms with Gasteiger partial charge in [0.05, 0.1) is 5.52 Å². The first-order valence-corrected chi connectivity index (χ1v) is 9.03. The predicted octanol–water partition coefficient (Wildman–Crippen LogP) is 2.95. The largest absolute Gasteiger partial charge is 0.352 e. The normalized spacial score (nSPS) is 12.0. The molecule has 3 N–H and O–H groups in total. The lowest BCUT2D eigenvalue weighted by molar-refractivity contribution is 0.595. The molecule has 24 heavy (non-hydrogen) atoms. The van der Waals surface area contributed by atoms with Gasteiger partial charge in [0.1, 0.15) is 0 Å². The topological polar surface area (TPSA) is 88.8 Å². The molecular formula is C18H15N3O2S. The molecule has 2 aromatic carbocycles. The van der Waals surface area contributed by atoms with Gasteiger partial charge in [0.15, 0.2) is 5.03 Å². The van der Waals surface area contributed by atoms with E-state index < -0.39 is 10.0 Å². The summed E-state index contributed by atoms with van der Waals surface area (Å²) in [5, 5.41) is 6.91. The fourth-order valence-corrected chi connectivity index (χ4v) is 3.66. The molecule has 4 rings (SSSR count). The Hall–Kier alpha value is -2.70. The maximum Gasteiger partial charge on any atom is 0.257 e. The molecule has 0 radical (unpaired) electrons. The summed E-state index contributed by atoms with van der Waals surface area (Å²) in [5.74, 6) is 0. The lowest BCUT2D eigenvalue weighted by atomic mass is 10.0. The number of rotatable bonds is 3. The number of pyridine rings is 1. The second-order valence-corrected chi connectivity index (χ2v) is 7.23. The van der Waals surface area contributed by atoms with Gasteiger partial charge < -0.3 is 4.98 Å². The van der Waals surface area contributed by atoms with Gasteiger partial charge >= 0.3 is 0 Å². The average molecular weight is 337 g/mol. The summed E-state index contributed by atoms with van der Waals surface area (Å²) in [6, 6.07) is 18.1. The molecule has 0 aliphatic heterocycles. The van der Waals surface area contributed by atoms with Crippen LogP contribution in [-0.4, -0.2) is 18.4 Å². The zero-order chi connectivity index (χ0) is 16.7. The minimum absolute atomic E-state index is 0.124. The number of hydrogen-bond donors (Lipinski definition) is 2. The molecule has 0 amide bonds. The van der Waals surface area contributed by atoms with Gasteiger partial charge in [0, 0.05) is 22.5 Å². The van der Waals surface area contributed by atoms with Gasteiger partial charge in [-0.1, -0.05) is 36.4 Å². The van der Waals surface area contributed by atoms with Crippen LogP contribution in [0.4, 0.5) is 0 Å². The molecule has 0 aliphatic carbocycles. The van der Waals surface area contributed by atoms with E-state index in [1.54, 1.807) is 6.07 Å². The van der Waals surface area contributed by atoms with Crippen molar-refractivity contribution < 1.29 is 8.42 Å². The van der Waals surface area contributed by atoms with Crippen molar-refractivity contribution in [1.29, 1.82) is 0 Å². The lowest BCUT2D eigenvalue weighted by Gasteiger charge is -2.02. The molecule has 0 saturated heterocycles. The fourth-order valence-electron chi connectivity index (χ4n) is 3.00. The van der Waals surface area contributed by atoms with Crippen LogP contribution < -0.4 is 5.14 Å². The number of aromatic amines is 1. The zero-order valence-electron chi connectivity index (χ0n) is 12.7. The highest BCUT2D eigenvalue weighted by molar-refractivity contribution is 7.89. The van der Waals surface area contributed by atoms with Gasteiger partial charge in [-0.15, -0.1) is 0 Å². The van der Waals surface area contributed by atoms with Crippen LogP contribution in [0.1, 0.15) is 11.1 Å². The van der Waals surface area contributed by atoms with Crippen molar-refractivity contribution in [1.82, 2.24) is 9.97 Å². The van der Waals surface area contributed by atoms with Crippen LogP contribution in [0, 0.1) is 0 Å². The van der Waals surface area contributed by atoms with Crippen molar-refractivity contribution >= 4 is 31.8 Å². The minimum atomic E-state index is -3.88. The number of hydrogen-bond acceptors (Lipinski definition) is 3. The predicted molar refractivity (Wildman–Crippen MR) is 94.2 cm³/mol. The third-order valence-corrected chi connectivity index (χ3v) is 4.92. The molecule has 0 bridgehead atoms. The van der Waals surface area contributed by atoms with Gasteiger partial charge in [-0.05, 0) is 35.7 Å². The van der Waals surface area contributed by atoms with Crippen molar-refractivity contribution in [3.8, 4) is 0 Å². The van der Waals surface area contributed by atoms with E-state index in [1.165, 1.54) is 11.8 Å². The summed E-state index contributed by atoms with van der Waals surface area (Å²) in [5.41, 5.74) is 3.69. The number of nitrogens with one attached hydrogen (secondary N) is 1. The Bertz CT molecular complexity index is 1150. The zero-order valence-corrected chi connectivity index (χ0v) is 13.5. The molecule has 5 nitrogen and oxygen atoms in total. The minimum Gasteiger partial charge on any atom is -0.352 e. The van der Waals surface area contributed by atoms with Crippen molar-refractivity contribution in [3.05, 3.63) is 71.9 Å². The third-order valence-electron chi connectivity index (χ3n) is 4.07. The van der Waals surface area contributed by atoms with Crippen LogP contribution in [0.2, 0.25) is 0 Å². The molecule has 0 unspecified atom stereocenters. The van der Waals surface area contributed by atoms with E-state index in [2.05, 4.69) is 28.2 Å². The molecule has 0 aliphatic rings. The number of sulfonamides is 1. The first kappa shape index (κ1) is 14.9. The molecule has 0 atom stereocenters. The van der Waals surface area contributed by atoms with E-state index in [-0.39, 0.29) is 5.03 Å². The molecule has 120 valence electrons. The van der Waals surface area contributed by atoms with Crippen molar-refractivity contribution in [2.24, 2.45) is 5.14 Å². The number of benzene rings is 2. The number of H-pyrrole nitrogens is 1. The summed E-state index contributed by atoms with van der Waals surface area (Å²) < 4.78 is 23.5. The standard InChI is InChI=1S/C18H15N3O2S/c19-24(22,23)18-17-14(8-9-20-18)15-11-13(6-7-16(15)21-17)10-12-4-2-1-3-5-12/h1-9,11,21H,10H2,(H2,19,22,23). The van der Waals surface area contributed by atoms with E-state index in [0.717, 1.165) is 28.3 Å². The van der Waals surface area contributed by atoms with E-state index in [1.807, 2.05) is 30.3 Å². The number of aromatic nitrogens is 2. The first-order valence-electron chi connectivity index (χ1n) is 7.48. The Morgan fingerprint density at radius 3 is 2.50 bits per heavy atom. The highest BCUT2D eigenvalue weighted by atomic mass is 32.2. The second kappa shape index (κ2) is 5.43. The Labute approximate surface area is 139 Å². The first-order chi connectivity index (χ1) is 11.5. The maximum atomic E-state index is 11.7. The van der Waals surface area contributed by atoms with Crippen molar-refractivity contribution in [3.63, 3.8) is 0 Å². The number of nitrogens with two attached hydrogens (primary N) is 1. The lowest BCUT2D eigenvalue weighted by Crippen LogP contribution is -2.14. The fraction of sp³-hybridized carbons (Fsp3) is 0.0556. The van der Waals surface area contributed by atoms with Crippen LogP contribution in [-0.2, 0) is 16.4 Å². The van der Waals surface area contributed by atoms with Gasteiger partial charge in [-0.2, -0.15) is 0 Å². The van der Waals surface area contributed by atoms with E-state index >= 15 is 0 Å². The summed E-state index contributed by atoms with van der Waals surface area (Å²) in [7, 11) is -3.88. The smallest absolute Gasteiger partial charge is 0.257 e. The Morgan fingerprint density at radius 2 is 1.75 bits per heavy atom. The molecule has 0 fully saturated rings. The Morgan fingerprint density at radius 1 is 0.958 bits per heavy atom. The third kappa shape index (κ3) is 2.55. The molecule has 2 aromatic heterocycles. The molecule has 0 saturated carbocycles. The van der Waals surface area contributed by atoms with Gasteiger partial charge in [0.2, 0.25) is 0 Å². The molecule has 0 spiro atoms. The number of primary sulfonamides is 1. The SMILES string of the molecule is NS(=O)(=O)c1nccc2c1[nH]c1ccc(Cc3ccccc3)cc12. The number of fused-ring (bicyclic) bond motifs is 3. The highest BCUT2D eigenvalue weighted by Gasteiger charge is 2.17. The van der Waals surface area contributed by atoms with Crippen LogP contribution in [0.3, 0.4) is 0 Å². The number of nitrogens with zero attached hydrogens (tertiary/aromatic N) is 1. The second-order valence-electron chi connectivity index (χ2n) is 5.75. The average Bonchev–Trinajstić information content (AvgIpc) is 2.93. The summed E-state index contributed by atoms with van der Waals surface area (Å²) in [6.45, 7) is 0. The highest BCUT2D eigenvalue weighted by Crippen LogP contribution is 2.29. The van der Waals surface area contributed by atoms with E-state index in [9.17, 15) is 8.42 Å². The maximum absolute atomic E-state index is 11.7. The van der Waals surface area contributed by atoms with Gasteiger partial charge in [-0.3, -0.25) is 0 Å². The van der Waals surface area contributed by atoms with Crippen molar-refractivity contribution in [2.45, 2.75) is 11.4 Å². The molecule has 4 aromatic rings. The summed E-state index contributed by atoms with van der Waals surface area (Å²) >= 11 is 0. The van der Waals surface area contributed by atoms with Gasteiger partial charge in [-0.25, -0.2) is 18.5 Å². The van der Waals surface area contributed by atoms with Crippen LogP contribution in [0.5, 0.6) is 0 Å². The van der Waals surface area contributed by atoms with E-state index in [0.29, 0.717) is 5.52 Å². The Balaban J connectivity index is 1.89. The molecular weight excluding hydrogens is 322 g/mol. The van der Waals surface area contributed by atoms with E-state index in [4.69, 9.17) is 5.14 Å². The van der Waals surface area contributed by atoms with Crippen LogP contribution in [0.25, 0.3) is 21.8 Å². The quantitative estimate of drug-likeness (QED) is 0.602. The Kier molecular flexibility index (Phi) is 3.37. The van der Waals surface area contributed by atoms with Crippen molar-refractivity contribution in [2.75, 3.05) is 0 Å². The van der Waals surface area contributed by atoms with Gasteiger partial charge in [0.25, 0.3) is 10.0 Å².